The number of carbonyl (C=O) groups excluding carboxylic acids is 2. The van der Waals surface area contributed by atoms with Gasteiger partial charge >= 0.3 is 0 Å². The fraction of sp³-hybridized carbons (Fsp3) is 0.143. The Bertz CT molecular complexity index is 905. The van der Waals surface area contributed by atoms with E-state index in [0.717, 1.165) is 22.7 Å². The highest BCUT2D eigenvalue weighted by molar-refractivity contribution is 6.01. The summed E-state index contributed by atoms with van der Waals surface area (Å²) in [6, 6.07) is 20.6. The Labute approximate surface area is 146 Å². The van der Waals surface area contributed by atoms with Gasteiger partial charge in [0.2, 0.25) is 0 Å². The molecule has 4 nitrogen and oxygen atoms in total. The monoisotopic (exact) mass is 333 g/mol. The minimum absolute atomic E-state index is 0.184. The summed E-state index contributed by atoms with van der Waals surface area (Å²) in [5, 5.41) is 1.77. The number of fused-ring (bicyclic) bond motifs is 1. The molecule has 0 spiro atoms. The van der Waals surface area contributed by atoms with Crippen molar-refractivity contribution in [2.45, 2.75) is 13.0 Å². The molecule has 1 atom stereocenters. The van der Waals surface area contributed by atoms with E-state index in [2.05, 4.69) is 0 Å². The topological polar surface area (TPSA) is 46.6 Å². The predicted molar refractivity (Wildman–Crippen MR) is 99.3 cm³/mol. The molecule has 0 aromatic heterocycles. The number of anilines is 1. The first-order chi connectivity index (χ1) is 12.1. The molecule has 126 valence electrons. The van der Waals surface area contributed by atoms with E-state index in [1.165, 1.54) is 0 Å². The highest BCUT2D eigenvalue weighted by Crippen LogP contribution is 2.27. The molecule has 0 N–H and O–H groups in total. The Hall–Kier alpha value is -3.14. The largest absolute Gasteiger partial charge is 0.480 e. The maximum atomic E-state index is 12.6. The molecule has 3 aromatic carbocycles. The first kappa shape index (κ1) is 16.7. The van der Waals surface area contributed by atoms with Crippen LogP contribution in [0.3, 0.4) is 0 Å². The van der Waals surface area contributed by atoms with Crippen LogP contribution in [0.2, 0.25) is 0 Å². The second-order valence-electron chi connectivity index (χ2n) is 5.81. The number of aldehydes is 1. The summed E-state index contributed by atoms with van der Waals surface area (Å²) in [6.45, 7) is 1.69. The van der Waals surface area contributed by atoms with Gasteiger partial charge in [0.1, 0.15) is 5.75 Å². The molecule has 3 rings (SSSR count). The van der Waals surface area contributed by atoms with E-state index in [1.807, 2.05) is 60.7 Å². The number of hydrogen-bond acceptors (Lipinski definition) is 3. The zero-order valence-electron chi connectivity index (χ0n) is 14.2. The van der Waals surface area contributed by atoms with Crippen LogP contribution in [-0.2, 0) is 4.79 Å². The number of benzene rings is 3. The molecule has 3 aromatic rings. The lowest BCUT2D eigenvalue weighted by molar-refractivity contribution is -0.124. The highest BCUT2D eigenvalue weighted by atomic mass is 16.5. The van der Waals surface area contributed by atoms with Crippen molar-refractivity contribution in [1.29, 1.82) is 0 Å². The molecular weight excluding hydrogens is 314 g/mol. The van der Waals surface area contributed by atoms with Crippen LogP contribution in [0.5, 0.6) is 5.75 Å². The molecule has 0 aliphatic carbocycles. The van der Waals surface area contributed by atoms with Crippen molar-refractivity contribution >= 4 is 28.7 Å². The molecule has 0 fully saturated rings. The maximum absolute atomic E-state index is 12.6. The smallest absolute Gasteiger partial charge is 0.267 e. The minimum atomic E-state index is -0.718. The number of nitrogens with zero attached hydrogens (tertiary/aromatic N) is 1. The summed E-state index contributed by atoms with van der Waals surface area (Å²) in [5.74, 6) is 0.229. The van der Waals surface area contributed by atoms with Crippen LogP contribution in [0.15, 0.2) is 66.7 Å². The van der Waals surface area contributed by atoms with Crippen molar-refractivity contribution in [2.75, 3.05) is 11.9 Å². The van der Waals surface area contributed by atoms with Gasteiger partial charge in [-0.05, 0) is 35.9 Å². The van der Waals surface area contributed by atoms with Gasteiger partial charge in [0.05, 0.1) is 5.56 Å². The lowest BCUT2D eigenvalue weighted by Gasteiger charge is -2.23. The third-order valence-electron chi connectivity index (χ3n) is 4.17. The molecule has 0 aliphatic rings. The highest BCUT2D eigenvalue weighted by Gasteiger charge is 2.21. The predicted octanol–water partition coefficient (Wildman–Crippen LogP) is 4.08. The van der Waals surface area contributed by atoms with Gasteiger partial charge < -0.3 is 9.64 Å². The molecule has 4 heteroatoms. The summed E-state index contributed by atoms with van der Waals surface area (Å²) in [6.07, 6.45) is 0.0561. The van der Waals surface area contributed by atoms with E-state index >= 15 is 0 Å². The fourth-order valence-electron chi connectivity index (χ4n) is 2.79. The number of amides is 1. The Morgan fingerprint density at radius 2 is 1.68 bits per heavy atom. The molecule has 0 aliphatic heterocycles. The summed E-state index contributed by atoms with van der Waals surface area (Å²) < 4.78 is 5.83. The van der Waals surface area contributed by atoms with Crippen LogP contribution >= 0.6 is 0 Å². The lowest BCUT2D eigenvalue weighted by Crippen LogP contribution is -2.38. The average Bonchev–Trinajstić information content (AvgIpc) is 2.67. The number of ether oxygens (including phenoxy) is 1. The van der Waals surface area contributed by atoms with E-state index in [0.29, 0.717) is 11.3 Å². The quantitative estimate of drug-likeness (QED) is 0.661. The van der Waals surface area contributed by atoms with Crippen molar-refractivity contribution < 1.29 is 14.3 Å². The van der Waals surface area contributed by atoms with Gasteiger partial charge in [0.15, 0.2) is 12.4 Å². The summed E-state index contributed by atoms with van der Waals surface area (Å²) in [7, 11) is 1.71. The number of likely N-dealkylation sites (N-methyl/N-ethyl adjacent to an activating group) is 1. The van der Waals surface area contributed by atoms with Crippen molar-refractivity contribution in [2.24, 2.45) is 0 Å². The van der Waals surface area contributed by atoms with E-state index < -0.39 is 6.10 Å². The molecule has 0 saturated carbocycles. The SMILES string of the molecule is C[C@H](Oc1ccc2ccccc2c1C=O)C(=O)N(C)c1ccccc1. The second-order valence-corrected chi connectivity index (χ2v) is 5.81. The van der Waals surface area contributed by atoms with Gasteiger partial charge in [0.25, 0.3) is 5.91 Å². The van der Waals surface area contributed by atoms with Crippen LogP contribution in [0.1, 0.15) is 17.3 Å². The molecule has 0 unspecified atom stereocenters. The van der Waals surface area contributed by atoms with Crippen LogP contribution in [0.4, 0.5) is 5.69 Å². The normalized spacial score (nSPS) is 11.8. The van der Waals surface area contributed by atoms with E-state index in [9.17, 15) is 9.59 Å². The van der Waals surface area contributed by atoms with Crippen molar-refractivity contribution in [3.05, 3.63) is 72.3 Å². The number of hydrogen-bond donors (Lipinski definition) is 0. The van der Waals surface area contributed by atoms with Crippen LogP contribution < -0.4 is 9.64 Å². The second kappa shape index (κ2) is 7.18. The van der Waals surface area contributed by atoms with Crippen LogP contribution in [0, 0.1) is 0 Å². The van der Waals surface area contributed by atoms with Gasteiger partial charge in [-0.3, -0.25) is 9.59 Å². The summed E-state index contributed by atoms with van der Waals surface area (Å²) >= 11 is 0. The number of carbonyl (C=O) groups is 2. The van der Waals surface area contributed by atoms with Gasteiger partial charge in [-0.2, -0.15) is 0 Å². The molecule has 0 heterocycles. The third kappa shape index (κ3) is 3.38. The number of rotatable bonds is 5. The average molecular weight is 333 g/mol. The molecule has 1 amide bonds. The first-order valence-electron chi connectivity index (χ1n) is 8.08. The van der Waals surface area contributed by atoms with E-state index in [4.69, 9.17) is 4.74 Å². The zero-order valence-corrected chi connectivity index (χ0v) is 14.2. The zero-order chi connectivity index (χ0) is 17.8. The third-order valence-corrected chi connectivity index (χ3v) is 4.17. The van der Waals surface area contributed by atoms with Gasteiger partial charge in [-0.15, -0.1) is 0 Å². The first-order valence-corrected chi connectivity index (χ1v) is 8.08. The van der Waals surface area contributed by atoms with Gasteiger partial charge in [-0.25, -0.2) is 0 Å². The standard InChI is InChI=1S/C21H19NO3/c1-15(21(24)22(2)17-9-4-3-5-10-17)25-20-13-12-16-8-6-7-11-18(16)19(20)14-23/h3-15H,1-2H3/t15-/m0/s1. The van der Waals surface area contributed by atoms with Crippen LogP contribution in [0.25, 0.3) is 10.8 Å². The van der Waals surface area contributed by atoms with Crippen molar-refractivity contribution in [3.8, 4) is 5.75 Å². The molecule has 0 radical (unpaired) electrons. The molecule has 0 bridgehead atoms. The van der Waals surface area contributed by atoms with Crippen molar-refractivity contribution in [3.63, 3.8) is 0 Å². The Balaban J connectivity index is 1.85. The summed E-state index contributed by atoms with van der Waals surface area (Å²) in [4.78, 5) is 25.7. The maximum Gasteiger partial charge on any atom is 0.267 e. The van der Waals surface area contributed by atoms with E-state index in [-0.39, 0.29) is 5.91 Å². The molecule has 0 saturated heterocycles. The molecular formula is C21H19NO3. The number of para-hydroxylation sites is 1. The van der Waals surface area contributed by atoms with Gasteiger partial charge in [-0.1, -0.05) is 48.5 Å². The Morgan fingerprint density at radius 1 is 1.00 bits per heavy atom. The summed E-state index contributed by atoms with van der Waals surface area (Å²) in [5.41, 5.74) is 1.25. The van der Waals surface area contributed by atoms with Crippen molar-refractivity contribution in [1.82, 2.24) is 0 Å². The fourth-order valence-corrected chi connectivity index (χ4v) is 2.79. The Kier molecular flexibility index (Phi) is 4.80. The van der Waals surface area contributed by atoms with E-state index in [1.54, 1.807) is 24.9 Å². The van der Waals surface area contributed by atoms with Gasteiger partial charge in [0, 0.05) is 12.7 Å². The van der Waals surface area contributed by atoms with Crippen LogP contribution in [-0.4, -0.2) is 25.3 Å². The minimum Gasteiger partial charge on any atom is -0.480 e. The lowest BCUT2D eigenvalue weighted by atomic mass is 10.0. The molecule has 25 heavy (non-hydrogen) atoms. The Morgan fingerprint density at radius 3 is 2.40 bits per heavy atom.